The SMILES string of the molecule is CN(C)Cc1nccc(B2OC(C)(C)C(C)(C)O2)c1Cl. The van der Waals surface area contributed by atoms with Gasteiger partial charge >= 0.3 is 7.12 Å². The molecule has 0 saturated carbocycles. The number of halogens is 1. The second-order valence-corrected chi connectivity index (χ2v) is 6.86. The summed E-state index contributed by atoms with van der Waals surface area (Å²) in [4.78, 5) is 6.37. The highest BCUT2D eigenvalue weighted by Gasteiger charge is 2.52. The van der Waals surface area contributed by atoms with Gasteiger partial charge in [-0.15, -0.1) is 0 Å². The van der Waals surface area contributed by atoms with Crippen LogP contribution in [0, 0.1) is 0 Å². The van der Waals surface area contributed by atoms with E-state index in [9.17, 15) is 0 Å². The molecule has 0 N–H and O–H groups in total. The van der Waals surface area contributed by atoms with Crippen LogP contribution in [0.15, 0.2) is 12.3 Å². The highest BCUT2D eigenvalue weighted by molar-refractivity contribution is 6.65. The highest BCUT2D eigenvalue weighted by atomic mass is 35.5. The molecule has 1 aliphatic heterocycles. The van der Waals surface area contributed by atoms with Crippen molar-refractivity contribution in [1.29, 1.82) is 0 Å². The van der Waals surface area contributed by atoms with E-state index in [1.807, 2.05) is 52.8 Å². The monoisotopic (exact) mass is 296 g/mol. The number of pyridine rings is 1. The molecule has 110 valence electrons. The summed E-state index contributed by atoms with van der Waals surface area (Å²) in [6.07, 6.45) is 1.76. The van der Waals surface area contributed by atoms with Crippen molar-refractivity contribution in [2.45, 2.75) is 45.4 Å². The Bertz CT molecular complexity index is 490. The van der Waals surface area contributed by atoms with Crippen LogP contribution in [-0.2, 0) is 15.9 Å². The minimum absolute atomic E-state index is 0.369. The fraction of sp³-hybridized carbons (Fsp3) is 0.643. The van der Waals surface area contributed by atoms with E-state index in [2.05, 4.69) is 4.98 Å². The van der Waals surface area contributed by atoms with E-state index in [0.717, 1.165) is 11.2 Å². The van der Waals surface area contributed by atoms with Gasteiger partial charge in [0.2, 0.25) is 0 Å². The highest BCUT2D eigenvalue weighted by Crippen LogP contribution is 2.37. The van der Waals surface area contributed by atoms with Gasteiger partial charge in [0, 0.05) is 18.2 Å². The summed E-state index contributed by atoms with van der Waals surface area (Å²) in [5.41, 5.74) is 0.943. The fourth-order valence-corrected chi connectivity index (χ4v) is 2.33. The van der Waals surface area contributed by atoms with Crippen LogP contribution in [0.25, 0.3) is 0 Å². The third-order valence-electron chi connectivity index (χ3n) is 3.96. The summed E-state index contributed by atoms with van der Waals surface area (Å²) in [6.45, 7) is 8.81. The van der Waals surface area contributed by atoms with Crippen molar-refractivity contribution in [3.8, 4) is 0 Å². The van der Waals surface area contributed by atoms with Gasteiger partial charge in [-0.05, 0) is 47.9 Å². The number of nitrogens with zero attached hydrogens (tertiary/aromatic N) is 2. The molecule has 0 aromatic carbocycles. The molecule has 4 nitrogen and oxygen atoms in total. The van der Waals surface area contributed by atoms with Gasteiger partial charge in [0.1, 0.15) is 0 Å². The lowest BCUT2D eigenvalue weighted by Crippen LogP contribution is -2.41. The van der Waals surface area contributed by atoms with Crippen LogP contribution in [0.3, 0.4) is 0 Å². The van der Waals surface area contributed by atoms with Gasteiger partial charge in [-0.1, -0.05) is 11.6 Å². The summed E-state index contributed by atoms with van der Waals surface area (Å²) in [7, 11) is 3.52. The Kier molecular flexibility index (Phi) is 4.18. The molecular formula is C14H22BClN2O2. The van der Waals surface area contributed by atoms with Crippen LogP contribution < -0.4 is 5.46 Å². The zero-order valence-corrected chi connectivity index (χ0v) is 13.8. The molecule has 1 aromatic rings. The lowest BCUT2D eigenvalue weighted by molar-refractivity contribution is 0.00578. The first-order valence-electron chi connectivity index (χ1n) is 6.78. The minimum atomic E-state index is -0.448. The lowest BCUT2D eigenvalue weighted by Gasteiger charge is -2.32. The molecule has 0 atom stereocenters. The number of hydrogen-bond acceptors (Lipinski definition) is 4. The second-order valence-electron chi connectivity index (χ2n) is 6.49. The zero-order chi connectivity index (χ0) is 15.1. The summed E-state index contributed by atoms with van der Waals surface area (Å²) in [6, 6.07) is 1.86. The van der Waals surface area contributed by atoms with Crippen molar-refractivity contribution < 1.29 is 9.31 Å². The average Bonchev–Trinajstić information content (AvgIpc) is 2.50. The number of aromatic nitrogens is 1. The molecule has 0 aliphatic carbocycles. The van der Waals surface area contributed by atoms with Crippen molar-refractivity contribution in [3.05, 3.63) is 23.0 Å². The van der Waals surface area contributed by atoms with E-state index in [-0.39, 0.29) is 11.2 Å². The van der Waals surface area contributed by atoms with E-state index in [1.54, 1.807) is 6.20 Å². The van der Waals surface area contributed by atoms with Gasteiger partial charge in [-0.2, -0.15) is 0 Å². The van der Waals surface area contributed by atoms with E-state index < -0.39 is 7.12 Å². The second kappa shape index (κ2) is 5.30. The van der Waals surface area contributed by atoms with Gasteiger partial charge in [0.05, 0.1) is 21.9 Å². The molecular weight excluding hydrogens is 274 g/mol. The smallest absolute Gasteiger partial charge is 0.399 e. The molecule has 0 spiro atoms. The largest absolute Gasteiger partial charge is 0.496 e. The van der Waals surface area contributed by atoms with E-state index >= 15 is 0 Å². The van der Waals surface area contributed by atoms with Crippen molar-refractivity contribution in [1.82, 2.24) is 9.88 Å². The van der Waals surface area contributed by atoms with Crippen molar-refractivity contribution >= 4 is 24.2 Å². The molecule has 2 rings (SSSR count). The van der Waals surface area contributed by atoms with E-state index in [1.165, 1.54) is 0 Å². The third kappa shape index (κ3) is 2.86. The Morgan fingerprint density at radius 3 is 2.25 bits per heavy atom. The van der Waals surface area contributed by atoms with Crippen LogP contribution >= 0.6 is 11.6 Å². The molecule has 2 heterocycles. The number of rotatable bonds is 3. The van der Waals surface area contributed by atoms with Gasteiger partial charge < -0.3 is 14.2 Å². The molecule has 0 radical (unpaired) electrons. The minimum Gasteiger partial charge on any atom is -0.399 e. The van der Waals surface area contributed by atoms with E-state index in [0.29, 0.717) is 11.6 Å². The third-order valence-corrected chi connectivity index (χ3v) is 4.40. The van der Waals surface area contributed by atoms with Crippen molar-refractivity contribution in [2.75, 3.05) is 14.1 Å². The summed E-state index contributed by atoms with van der Waals surface area (Å²) >= 11 is 6.47. The van der Waals surface area contributed by atoms with Gasteiger partial charge in [-0.3, -0.25) is 4.98 Å². The fourth-order valence-electron chi connectivity index (χ4n) is 2.07. The predicted octanol–water partition coefficient (Wildman–Crippen LogP) is 2.10. The summed E-state index contributed by atoms with van der Waals surface area (Å²) < 4.78 is 12.1. The van der Waals surface area contributed by atoms with Crippen LogP contribution in [0.2, 0.25) is 5.02 Å². The lowest BCUT2D eigenvalue weighted by atomic mass is 9.79. The van der Waals surface area contributed by atoms with Crippen LogP contribution in [0.4, 0.5) is 0 Å². The molecule has 1 saturated heterocycles. The number of hydrogen-bond donors (Lipinski definition) is 0. The molecule has 0 bridgehead atoms. The molecule has 1 aliphatic rings. The summed E-state index contributed by atoms with van der Waals surface area (Å²) in [5.74, 6) is 0. The Balaban J connectivity index is 2.31. The van der Waals surface area contributed by atoms with Gasteiger partial charge in [-0.25, -0.2) is 0 Å². The zero-order valence-electron chi connectivity index (χ0n) is 13.0. The molecule has 1 aromatic heterocycles. The van der Waals surface area contributed by atoms with Crippen molar-refractivity contribution in [2.24, 2.45) is 0 Å². The van der Waals surface area contributed by atoms with Crippen LogP contribution in [0.1, 0.15) is 33.4 Å². The summed E-state index contributed by atoms with van der Waals surface area (Å²) in [5, 5.41) is 0.625. The van der Waals surface area contributed by atoms with Gasteiger partial charge in [0.15, 0.2) is 0 Å². The predicted molar refractivity (Wildman–Crippen MR) is 82.4 cm³/mol. The Morgan fingerprint density at radius 2 is 1.75 bits per heavy atom. The standard InChI is InChI=1S/C14H22BClN2O2/c1-13(2)14(3,4)20-15(19-13)10-7-8-17-11(12(10)16)9-18(5)6/h7-8H,9H2,1-6H3. The van der Waals surface area contributed by atoms with Crippen LogP contribution in [0.5, 0.6) is 0 Å². The first-order chi connectivity index (χ1) is 9.14. The maximum atomic E-state index is 6.47. The molecule has 6 heteroatoms. The molecule has 0 unspecified atom stereocenters. The molecule has 0 amide bonds. The maximum absolute atomic E-state index is 6.47. The van der Waals surface area contributed by atoms with Crippen molar-refractivity contribution in [3.63, 3.8) is 0 Å². The maximum Gasteiger partial charge on any atom is 0.496 e. The first-order valence-corrected chi connectivity index (χ1v) is 7.15. The van der Waals surface area contributed by atoms with Gasteiger partial charge in [0.25, 0.3) is 0 Å². The first kappa shape index (κ1) is 15.8. The van der Waals surface area contributed by atoms with Crippen LogP contribution in [-0.4, -0.2) is 42.3 Å². The molecule has 20 heavy (non-hydrogen) atoms. The Labute approximate surface area is 126 Å². The Hall–Kier alpha value is -0.615. The average molecular weight is 297 g/mol. The molecule has 1 fully saturated rings. The topological polar surface area (TPSA) is 34.6 Å². The Morgan fingerprint density at radius 1 is 1.20 bits per heavy atom. The van der Waals surface area contributed by atoms with E-state index in [4.69, 9.17) is 20.9 Å². The normalized spacial score (nSPS) is 20.7. The quantitative estimate of drug-likeness (QED) is 0.800.